The summed E-state index contributed by atoms with van der Waals surface area (Å²) in [5.74, 6) is -0.0636. The molecule has 7 heteroatoms. The predicted octanol–water partition coefficient (Wildman–Crippen LogP) is 3.16. The van der Waals surface area contributed by atoms with E-state index in [0.717, 1.165) is 13.0 Å². The van der Waals surface area contributed by atoms with Gasteiger partial charge in [-0.15, -0.1) is 0 Å². The molecule has 1 aromatic heterocycles. The van der Waals surface area contributed by atoms with E-state index in [4.69, 9.17) is 0 Å². The van der Waals surface area contributed by atoms with Crippen molar-refractivity contribution >= 4 is 11.6 Å². The third-order valence-electron chi connectivity index (χ3n) is 3.40. The van der Waals surface area contributed by atoms with Gasteiger partial charge in [0.1, 0.15) is 11.6 Å². The van der Waals surface area contributed by atoms with Crippen molar-refractivity contribution < 1.29 is 13.2 Å². The molecule has 2 rings (SSSR count). The molecule has 112 valence electrons. The van der Waals surface area contributed by atoms with Crippen LogP contribution >= 0.6 is 0 Å². The van der Waals surface area contributed by atoms with Gasteiger partial charge in [0, 0.05) is 25.2 Å². The number of nitrogens with zero attached hydrogens (tertiary/aromatic N) is 3. The molecule has 1 saturated heterocycles. The molecule has 0 saturated carbocycles. The Morgan fingerprint density at radius 1 is 1.35 bits per heavy atom. The molecule has 0 bridgehead atoms. The Labute approximate surface area is 116 Å². The molecule has 0 spiro atoms. The first-order valence-electron chi connectivity index (χ1n) is 6.78. The maximum Gasteiger partial charge on any atom is 0.451 e. The van der Waals surface area contributed by atoms with E-state index in [9.17, 15) is 13.2 Å². The lowest BCUT2D eigenvalue weighted by Crippen LogP contribution is -2.29. The molecule has 4 nitrogen and oxygen atoms in total. The van der Waals surface area contributed by atoms with Crippen LogP contribution < -0.4 is 10.2 Å². The SMILES string of the molecule is CCNc1cc(N2CC(C)CC2C)nc(C(F)(F)F)n1. The molecule has 1 aromatic rings. The summed E-state index contributed by atoms with van der Waals surface area (Å²) in [4.78, 5) is 9.16. The highest BCUT2D eigenvalue weighted by Crippen LogP contribution is 2.32. The molecule has 2 heterocycles. The third-order valence-corrected chi connectivity index (χ3v) is 3.40. The van der Waals surface area contributed by atoms with E-state index in [-0.39, 0.29) is 11.9 Å². The van der Waals surface area contributed by atoms with E-state index < -0.39 is 12.0 Å². The molecule has 1 aliphatic rings. The van der Waals surface area contributed by atoms with E-state index in [1.165, 1.54) is 0 Å². The Balaban J connectivity index is 2.39. The minimum atomic E-state index is -4.53. The van der Waals surface area contributed by atoms with Gasteiger partial charge in [0.25, 0.3) is 0 Å². The second-order valence-corrected chi connectivity index (χ2v) is 5.31. The van der Waals surface area contributed by atoms with Gasteiger partial charge < -0.3 is 10.2 Å². The number of anilines is 2. The van der Waals surface area contributed by atoms with Crippen molar-refractivity contribution in [3.8, 4) is 0 Å². The zero-order valence-electron chi connectivity index (χ0n) is 11.8. The van der Waals surface area contributed by atoms with Crippen molar-refractivity contribution in [2.75, 3.05) is 23.3 Å². The van der Waals surface area contributed by atoms with Gasteiger partial charge in [-0.25, -0.2) is 9.97 Å². The molecule has 1 aliphatic heterocycles. The number of hydrogen-bond acceptors (Lipinski definition) is 4. The number of halogens is 3. The number of rotatable bonds is 3. The molecule has 2 atom stereocenters. The highest BCUT2D eigenvalue weighted by Gasteiger charge is 2.37. The number of nitrogens with one attached hydrogen (secondary N) is 1. The largest absolute Gasteiger partial charge is 0.451 e. The maximum absolute atomic E-state index is 12.9. The van der Waals surface area contributed by atoms with E-state index in [1.54, 1.807) is 6.07 Å². The lowest BCUT2D eigenvalue weighted by molar-refractivity contribution is -0.144. The highest BCUT2D eigenvalue weighted by atomic mass is 19.4. The number of aromatic nitrogens is 2. The first-order valence-corrected chi connectivity index (χ1v) is 6.78. The van der Waals surface area contributed by atoms with Crippen molar-refractivity contribution in [1.29, 1.82) is 0 Å². The van der Waals surface area contributed by atoms with Gasteiger partial charge in [-0.2, -0.15) is 13.2 Å². The monoisotopic (exact) mass is 288 g/mol. The summed E-state index contributed by atoms with van der Waals surface area (Å²) in [6, 6.07) is 1.78. The lowest BCUT2D eigenvalue weighted by Gasteiger charge is -2.24. The second kappa shape index (κ2) is 5.46. The van der Waals surface area contributed by atoms with Crippen LogP contribution in [0.25, 0.3) is 0 Å². The Kier molecular flexibility index (Phi) is 4.06. The van der Waals surface area contributed by atoms with Gasteiger partial charge >= 0.3 is 6.18 Å². The van der Waals surface area contributed by atoms with E-state index >= 15 is 0 Å². The molecule has 0 aliphatic carbocycles. The van der Waals surface area contributed by atoms with Gasteiger partial charge in [-0.1, -0.05) is 6.92 Å². The zero-order valence-corrected chi connectivity index (χ0v) is 11.8. The van der Waals surface area contributed by atoms with Crippen molar-refractivity contribution in [2.45, 2.75) is 39.4 Å². The van der Waals surface area contributed by atoms with Crippen LogP contribution in [0, 0.1) is 5.92 Å². The molecule has 0 radical (unpaired) electrons. The van der Waals surface area contributed by atoms with Crippen LogP contribution in [0.2, 0.25) is 0 Å². The molecule has 1 fully saturated rings. The summed E-state index contributed by atoms with van der Waals surface area (Å²) in [5.41, 5.74) is 0. The standard InChI is InChI=1S/C13H19F3N4/c1-4-17-10-6-11(19-12(18-10)13(14,15)16)20-7-8(2)5-9(20)3/h6,8-9H,4-5,7H2,1-3H3,(H,17,18,19). The minimum Gasteiger partial charge on any atom is -0.370 e. The Bertz CT molecular complexity index is 475. The van der Waals surface area contributed by atoms with Crippen molar-refractivity contribution in [3.05, 3.63) is 11.9 Å². The van der Waals surface area contributed by atoms with E-state index in [2.05, 4.69) is 22.2 Å². The third kappa shape index (κ3) is 3.13. The van der Waals surface area contributed by atoms with Gasteiger partial charge in [0.15, 0.2) is 0 Å². The fourth-order valence-electron chi connectivity index (χ4n) is 2.60. The van der Waals surface area contributed by atoms with Crippen LogP contribution in [0.3, 0.4) is 0 Å². The van der Waals surface area contributed by atoms with Crippen LogP contribution in [0.5, 0.6) is 0 Å². The molecule has 2 unspecified atom stereocenters. The van der Waals surface area contributed by atoms with Gasteiger partial charge in [0.2, 0.25) is 5.82 Å². The predicted molar refractivity (Wildman–Crippen MR) is 71.8 cm³/mol. The van der Waals surface area contributed by atoms with Crippen LogP contribution in [0.4, 0.5) is 24.8 Å². The van der Waals surface area contributed by atoms with Crippen molar-refractivity contribution in [1.82, 2.24) is 9.97 Å². The maximum atomic E-state index is 12.9. The molecular formula is C13H19F3N4. The first-order chi connectivity index (χ1) is 9.31. The Hall–Kier alpha value is -1.53. The molecule has 20 heavy (non-hydrogen) atoms. The average molecular weight is 288 g/mol. The summed E-state index contributed by atoms with van der Waals surface area (Å²) in [6.45, 7) is 7.15. The second-order valence-electron chi connectivity index (χ2n) is 5.31. The smallest absolute Gasteiger partial charge is 0.370 e. The highest BCUT2D eigenvalue weighted by molar-refractivity contribution is 5.51. The van der Waals surface area contributed by atoms with Gasteiger partial charge in [-0.05, 0) is 26.2 Å². The summed E-state index contributed by atoms with van der Waals surface area (Å²) < 4.78 is 38.6. The summed E-state index contributed by atoms with van der Waals surface area (Å²) in [7, 11) is 0. The van der Waals surface area contributed by atoms with Crippen LogP contribution in [-0.2, 0) is 6.18 Å². The molecular weight excluding hydrogens is 269 g/mol. The van der Waals surface area contributed by atoms with Crippen LogP contribution in [0.1, 0.15) is 33.0 Å². The van der Waals surface area contributed by atoms with Crippen LogP contribution in [0.15, 0.2) is 6.07 Å². The molecule has 1 N–H and O–H groups in total. The number of alkyl halides is 3. The first kappa shape index (κ1) is 14.9. The van der Waals surface area contributed by atoms with Gasteiger partial charge in [-0.3, -0.25) is 0 Å². The summed E-state index contributed by atoms with van der Waals surface area (Å²) in [6.07, 6.45) is -3.57. The minimum absolute atomic E-state index is 0.190. The fraction of sp³-hybridized carbons (Fsp3) is 0.692. The quantitative estimate of drug-likeness (QED) is 0.927. The fourth-order valence-corrected chi connectivity index (χ4v) is 2.60. The van der Waals surface area contributed by atoms with Crippen molar-refractivity contribution in [2.24, 2.45) is 5.92 Å². The normalized spacial score (nSPS) is 23.2. The van der Waals surface area contributed by atoms with E-state index in [1.807, 2.05) is 18.7 Å². The summed E-state index contributed by atoms with van der Waals surface area (Å²) >= 11 is 0. The lowest BCUT2D eigenvalue weighted by atomic mass is 10.1. The Morgan fingerprint density at radius 3 is 2.55 bits per heavy atom. The van der Waals surface area contributed by atoms with E-state index in [0.29, 0.717) is 18.3 Å². The zero-order chi connectivity index (χ0) is 14.9. The topological polar surface area (TPSA) is 41.0 Å². The molecule has 0 aromatic carbocycles. The Morgan fingerprint density at radius 2 is 2.05 bits per heavy atom. The number of hydrogen-bond donors (Lipinski definition) is 1. The van der Waals surface area contributed by atoms with Crippen LogP contribution in [-0.4, -0.2) is 29.1 Å². The average Bonchev–Trinajstić information content (AvgIpc) is 2.67. The summed E-state index contributed by atoms with van der Waals surface area (Å²) in [5, 5.41) is 2.83. The van der Waals surface area contributed by atoms with Crippen molar-refractivity contribution in [3.63, 3.8) is 0 Å². The van der Waals surface area contributed by atoms with Gasteiger partial charge in [0.05, 0.1) is 0 Å². The molecule has 0 amide bonds.